The first-order chi connectivity index (χ1) is 15.7. The second-order valence-electron chi connectivity index (χ2n) is 7.41. The highest BCUT2D eigenvalue weighted by Crippen LogP contribution is 2.31. The maximum Gasteiger partial charge on any atom is 0.336 e. The van der Waals surface area contributed by atoms with E-state index >= 15 is 0 Å². The smallest absolute Gasteiger partial charge is 0.336 e. The number of aromatic nitrogens is 2. The fourth-order valence-electron chi connectivity index (χ4n) is 3.87. The first-order valence-corrected chi connectivity index (χ1v) is 10.3. The maximum absolute atomic E-state index is 12.2. The summed E-state index contributed by atoms with van der Waals surface area (Å²) in [7, 11) is 1.63. The van der Waals surface area contributed by atoms with Crippen molar-refractivity contribution in [1.29, 1.82) is 0 Å². The van der Waals surface area contributed by atoms with Crippen molar-refractivity contribution in [3.05, 3.63) is 76.9 Å². The Labute approximate surface area is 184 Å². The molecule has 8 heteroatoms. The summed E-state index contributed by atoms with van der Waals surface area (Å²) in [5, 5.41) is 7.41. The molecule has 0 amide bonds. The molecule has 0 aliphatic carbocycles. The molecule has 1 saturated heterocycles. The summed E-state index contributed by atoms with van der Waals surface area (Å²) in [5.41, 5.74) is 3.26. The largest absolute Gasteiger partial charge is 0.496 e. The second-order valence-corrected chi connectivity index (χ2v) is 7.41. The van der Waals surface area contributed by atoms with Crippen LogP contribution >= 0.6 is 0 Å². The van der Waals surface area contributed by atoms with Crippen molar-refractivity contribution in [1.82, 2.24) is 15.3 Å². The number of methoxy groups -OCH3 is 1. The number of para-hydroxylation sites is 1. The van der Waals surface area contributed by atoms with Crippen molar-refractivity contribution in [2.75, 3.05) is 32.1 Å². The van der Waals surface area contributed by atoms with E-state index in [0.717, 1.165) is 40.2 Å². The van der Waals surface area contributed by atoms with Gasteiger partial charge in [-0.15, -0.1) is 0 Å². The van der Waals surface area contributed by atoms with Gasteiger partial charge < -0.3 is 24.5 Å². The zero-order valence-electron chi connectivity index (χ0n) is 17.5. The number of morpholine rings is 1. The summed E-state index contributed by atoms with van der Waals surface area (Å²) in [6, 6.07) is 16.7. The van der Waals surface area contributed by atoms with Gasteiger partial charge in [-0.1, -0.05) is 12.1 Å². The average molecular weight is 430 g/mol. The first kappa shape index (κ1) is 20.2. The van der Waals surface area contributed by atoms with Gasteiger partial charge in [-0.2, -0.15) is 0 Å². The molecule has 0 spiro atoms. The van der Waals surface area contributed by atoms with Crippen LogP contribution in [0.2, 0.25) is 0 Å². The standard InChI is InChI=1S/C24H22N4O4/c1-30-20-5-3-2-4-17(20)19-12-23(27-14-26-19)28-15-6-7-16-18(22-13-25-8-9-31-22)11-24(29)32-21(16)10-15/h2-7,10-12,14,22,25H,8-9,13H2,1H3,(H,26,27,28). The van der Waals surface area contributed by atoms with Gasteiger partial charge in [-0.05, 0) is 24.3 Å². The Balaban J connectivity index is 1.47. The number of fused-ring (bicyclic) bond motifs is 1. The fourth-order valence-corrected chi connectivity index (χ4v) is 3.87. The normalized spacial score (nSPS) is 16.1. The number of anilines is 2. The van der Waals surface area contributed by atoms with Crippen LogP contribution in [0.15, 0.2) is 70.1 Å². The van der Waals surface area contributed by atoms with E-state index in [4.69, 9.17) is 13.9 Å². The van der Waals surface area contributed by atoms with Crippen LogP contribution in [-0.2, 0) is 4.74 Å². The zero-order chi connectivity index (χ0) is 21.9. The molecule has 1 aliphatic heterocycles. The average Bonchev–Trinajstić information content (AvgIpc) is 2.84. The Kier molecular flexibility index (Phi) is 5.53. The van der Waals surface area contributed by atoms with Crippen molar-refractivity contribution >= 4 is 22.5 Å². The third-order valence-corrected chi connectivity index (χ3v) is 5.37. The molecule has 3 heterocycles. The molecule has 1 aliphatic rings. The maximum atomic E-state index is 12.2. The first-order valence-electron chi connectivity index (χ1n) is 10.3. The lowest BCUT2D eigenvalue weighted by Crippen LogP contribution is -2.33. The van der Waals surface area contributed by atoms with Crippen LogP contribution in [0.5, 0.6) is 5.75 Å². The van der Waals surface area contributed by atoms with E-state index in [-0.39, 0.29) is 6.10 Å². The molecular weight excluding hydrogens is 408 g/mol. The topological polar surface area (TPSA) is 98.5 Å². The fraction of sp³-hybridized carbons (Fsp3) is 0.208. The van der Waals surface area contributed by atoms with Gasteiger partial charge in [0.1, 0.15) is 23.5 Å². The second kappa shape index (κ2) is 8.78. The number of rotatable bonds is 5. The summed E-state index contributed by atoms with van der Waals surface area (Å²) in [6.45, 7) is 2.07. The summed E-state index contributed by atoms with van der Waals surface area (Å²) in [5.74, 6) is 1.34. The molecule has 8 nitrogen and oxygen atoms in total. The van der Waals surface area contributed by atoms with Crippen LogP contribution < -0.4 is 21.0 Å². The van der Waals surface area contributed by atoms with Gasteiger partial charge >= 0.3 is 5.63 Å². The van der Waals surface area contributed by atoms with Gasteiger partial charge in [0, 0.05) is 53.5 Å². The zero-order valence-corrected chi connectivity index (χ0v) is 17.5. The van der Waals surface area contributed by atoms with Gasteiger partial charge in [-0.3, -0.25) is 0 Å². The molecule has 1 unspecified atom stereocenters. The number of nitrogens with one attached hydrogen (secondary N) is 2. The van der Waals surface area contributed by atoms with Crippen LogP contribution in [0, 0.1) is 0 Å². The van der Waals surface area contributed by atoms with Crippen LogP contribution in [0.3, 0.4) is 0 Å². The minimum Gasteiger partial charge on any atom is -0.496 e. The van der Waals surface area contributed by atoms with Gasteiger partial charge in [0.15, 0.2) is 0 Å². The molecule has 1 fully saturated rings. The Morgan fingerprint density at radius 3 is 2.88 bits per heavy atom. The molecule has 2 aromatic carbocycles. The van der Waals surface area contributed by atoms with E-state index < -0.39 is 5.63 Å². The third kappa shape index (κ3) is 4.05. The Morgan fingerprint density at radius 1 is 1.12 bits per heavy atom. The third-order valence-electron chi connectivity index (χ3n) is 5.37. The summed E-state index contributed by atoms with van der Waals surface area (Å²) in [6.07, 6.45) is 1.32. The lowest BCUT2D eigenvalue weighted by molar-refractivity contribution is 0.0283. The van der Waals surface area contributed by atoms with E-state index in [1.165, 1.54) is 12.4 Å². The molecule has 2 aromatic heterocycles. The van der Waals surface area contributed by atoms with Crippen molar-refractivity contribution in [3.8, 4) is 17.0 Å². The molecule has 2 N–H and O–H groups in total. The van der Waals surface area contributed by atoms with Crippen molar-refractivity contribution in [3.63, 3.8) is 0 Å². The van der Waals surface area contributed by atoms with Crippen LogP contribution in [0.1, 0.15) is 11.7 Å². The Bertz CT molecular complexity index is 1310. The van der Waals surface area contributed by atoms with Gasteiger partial charge in [0.2, 0.25) is 0 Å². The van der Waals surface area contributed by atoms with Crippen LogP contribution in [-0.4, -0.2) is 36.8 Å². The van der Waals surface area contributed by atoms with Crippen LogP contribution in [0.4, 0.5) is 11.5 Å². The lowest BCUT2D eigenvalue weighted by atomic mass is 10.0. The highest BCUT2D eigenvalue weighted by atomic mass is 16.5. The van der Waals surface area contributed by atoms with E-state index in [9.17, 15) is 4.79 Å². The van der Waals surface area contributed by atoms with Crippen molar-refractivity contribution < 1.29 is 13.9 Å². The summed E-state index contributed by atoms with van der Waals surface area (Å²) in [4.78, 5) is 20.9. The van der Waals surface area contributed by atoms with Gasteiger partial charge in [-0.25, -0.2) is 14.8 Å². The molecular formula is C24H22N4O4. The Morgan fingerprint density at radius 2 is 2.03 bits per heavy atom. The quantitative estimate of drug-likeness (QED) is 0.463. The molecule has 4 aromatic rings. The summed E-state index contributed by atoms with van der Waals surface area (Å²) < 4.78 is 16.8. The molecule has 5 rings (SSSR count). The number of hydrogen-bond donors (Lipinski definition) is 2. The molecule has 162 valence electrons. The minimum absolute atomic E-state index is 0.181. The highest BCUT2D eigenvalue weighted by Gasteiger charge is 2.20. The van der Waals surface area contributed by atoms with Gasteiger partial charge in [0.05, 0.1) is 25.5 Å². The molecule has 0 bridgehead atoms. The molecule has 0 saturated carbocycles. The molecule has 1 atom stereocenters. The van der Waals surface area contributed by atoms with E-state index in [2.05, 4.69) is 20.6 Å². The molecule has 32 heavy (non-hydrogen) atoms. The van der Waals surface area contributed by atoms with Crippen molar-refractivity contribution in [2.24, 2.45) is 0 Å². The number of benzene rings is 2. The number of ether oxygens (including phenoxy) is 2. The number of hydrogen-bond acceptors (Lipinski definition) is 8. The number of nitrogens with zero attached hydrogens (tertiary/aromatic N) is 2. The van der Waals surface area contributed by atoms with E-state index in [1.54, 1.807) is 13.2 Å². The SMILES string of the molecule is COc1ccccc1-c1cc(Nc2ccc3c(C4CNCCO4)cc(=O)oc3c2)ncn1. The summed E-state index contributed by atoms with van der Waals surface area (Å²) >= 11 is 0. The van der Waals surface area contributed by atoms with Crippen molar-refractivity contribution in [2.45, 2.75) is 6.10 Å². The molecule has 0 radical (unpaired) electrons. The monoisotopic (exact) mass is 430 g/mol. The van der Waals surface area contributed by atoms with E-state index in [1.807, 2.05) is 42.5 Å². The highest BCUT2D eigenvalue weighted by molar-refractivity contribution is 5.84. The minimum atomic E-state index is -0.403. The predicted octanol–water partition coefficient (Wildman–Crippen LogP) is 3.66. The van der Waals surface area contributed by atoms with E-state index in [0.29, 0.717) is 24.6 Å². The van der Waals surface area contributed by atoms with Crippen LogP contribution in [0.25, 0.3) is 22.2 Å². The lowest BCUT2D eigenvalue weighted by Gasteiger charge is -2.24. The predicted molar refractivity (Wildman–Crippen MR) is 121 cm³/mol. The Hall–Kier alpha value is -3.75. The van der Waals surface area contributed by atoms with Gasteiger partial charge in [0.25, 0.3) is 0 Å².